The highest BCUT2D eigenvalue weighted by molar-refractivity contribution is 6.30. The van der Waals surface area contributed by atoms with E-state index in [1.807, 2.05) is 41.1 Å². The third-order valence-electron chi connectivity index (χ3n) is 3.84. The number of benzene rings is 2. The van der Waals surface area contributed by atoms with Crippen molar-refractivity contribution in [3.05, 3.63) is 77.7 Å². The number of nitrogens with zero attached hydrogens (tertiary/aromatic N) is 3. The Morgan fingerprint density at radius 1 is 0.913 bits per heavy atom. The van der Waals surface area contributed by atoms with Crippen LogP contribution in [-0.2, 0) is 0 Å². The third-order valence-corrected chi connectivity index (χ3v) is 4.09. The number of imidazole rings is 1. The Balaban J connectivity index is 1.94. The molecule has 2 heterocycles. The second-order valence-electron chi connectivity index (χ2n) is 5.51. The molecule has 112 valence electrons. The summed E-state index contributed by atoms with van der Waals surface area (Å²) in [5.41, 5.74) is 5.92. The molecular formula is C19H14ClN3. The zero-order chi connectivity index (χ0) is 15.8. The first-order valence-corrected chi connectivity index (χ1v) is 7.75. The lowest BCUT2D eigenvalue weighted by Crippen LogP contribution is -1.96. The van der Waals surface area contributed by atoms with Crippen molar-refractivity contribution in [2.45, 2.75) is 6.92 Å². The van der Waals surface area contributed by atoms with Gasteiger partial charge >= 0.3 is 0 Å². The van der Waals surface area contributed by atoms with E-state index in [9.17, 15) is 0 Å². The zero-order valence-corrected chi connectivity index (χ0v) is 13.3. The molecular weight excluding hydrogens is 306 g/mol. The Hall–Kier alpha value is -2.65. The lowest BCUT2D eigenvalue weighted by molar-refractivity contribution is 1.13. The Labute approximate surface area is 139 Å². The highest BCUT2D eigenvalue weighted by Gasteiger charge is 2.11. The average molecular weight is 320 g/mol. The molecule has 0 N–H and O–H groups in total. The molecule has 4 aromatic rings. The van der Waals surface area contributed by atoms with Crippen LogP contribution in [0.4, 0.5) is 0 Å². The summed E-state index contributed by atoms with van der Waals surface area (Å²) < 4.78 is 2.01. The second-order valence-corrected chi connectivity index (χ2v) is 5.94. The predicted molar refractivity (Wildman–Crippen MR) is 93.6 cm³/mol. The van der Waals surface area contributed by atoms with Gasteiger partial charge in [0.05, 0.1) is 5.69 Å². The number of aromatic nitrogens is 3. The van der Waals surface area contributed by atoms with Crippen LogP contribution in [-0.4, -0.2) is 14.4 Å². The summed E-state index contributed by atoms with van der Waals surface area (Å²) in [5.74, 6) is 0. The average Bonchev–Trinajstić information content (AvgIpc) is 3.04. The van der Waals surface area contributed by atoms with E-state index >= 15 is 0 Å². The van der Waals surface area contributed by atoms with Crippen molar-refractivity contribution in [2.24, 2.45) is 0 Å². The molecule has 0 bridgehead atoms. The summed E-state index contributed by atoms with van der Waals surface area (Å²) >= 11 is 6.00. The van der Waals surface area contributed by atoms with Crippen LogP contribution in [0.3, 0.4) is 0 Å². The molecule has 2 aromatic heterocycles. The van der Waals surface area contributed by atoms with E-state index in [4.69, 9.17) is 16.6 Å². The zero-order valence-electron chi connectivity index (χ0n) is 12.6. The molecule has 0 aliphatic carbocycles. The van der Waals surface area contributed by atoms with Crippen molar-refractivity contribution in [3.8, 4) is 22.5 Å². The highest BCUT2D eigenvalue weighted by Crippen LogP contribution is 2.27. The van der Waals surface area contributed by atoms with E-state index in [1.54, 1.807) is 6.20 Å². The molecule has 0 spiro atoms. The molecule has 0 unspecified atom stereocenters. The van der Waals surface area contributed by atoms with Crippen LogP contribution >= 0.6 is 11.6 Å². The molecule has 0 fully saturated rings. The Bertz CT molecular complexity index is 970. The maximum Gasteiger partial charge on any atom is 0.163 e. The fourth-order valence-electron chi connectivity index (χ4n) is 2.60. The van der Waals surface area contributed by atoms with Gasteiger partial charge in [0.2, 0.25) is 0 Å². The molecule has 23 heavy (non-hydrogen) atoms. The van der Waals surface area contributed by atoms with Gasteiger partial charge in [-0.25, -0.2) is 9.97 Å². The molecule has 4 rings (SSSR count). The SMILES string of the molecule is Cc1ccc(-c2cn3ccnc3c(-c3ccc(Cl)cc3)n2)cc1. The van der Waals surface area contributed by atoms with Crippen molar-refractivity contribution >= 4 is 17.2 Å². The summed E-state index contributed by atoms with van der Waals surface area (Å²) in [5, 5.41) is 0.711. The van der Waals surface area contributed by atoms with E-state index < -0.39 is 0 Å². The fourth-order valence-corrected chi connectivity index (χ4v) is 2.72. The number of fused-ring (bicyclic) bond motifs is 1. The molecule has 4 heteroatoms. The number of rotatable bonds is 2. The van der Waals surface area contributed by atoms with Gasteiger partial charge in [-0.1, -0.05) is 53.6 Å². The highest BCUT2D eigenvalue weighted by atomic mass is 35.5. The van der Waals surface area contributed by atoms with Crippen LogP contribution in [0.15, 0.2) is 67.1 Å². The van der Waals surface area contributed by atoms with E-state index in [0.29, 0.717) is 5.02 Å². The van der Waals surface area contributed by atoms with Gasteiger partial charge in [-0.05, 0) is 19.1 Å². The Morgan fingerprint density at radius 2 is 1.61 bits per heavy atom. The third kappa shape index (κ3) is 2.60. The van der Waals surface area contributed by atoms with Gasteiger partial charge in [-0.3, -0.25) is 0 Å². The van der Waals surface area contributed by atoms with Crippen molar-refractivity contribution in [2.75, 3.05) is 0 Å². The van der Waals surface area contributed by atoms with Crippen LogP contribution in [0.5, 0.6) is 0 Å². The van der Waals surface area contributed by atoms with Gasteiger partial charge in [0.1, 0.15) is 5.69 Å². The van der Waals surface area contributed by atoms with Crippen LogP contribution < -0.4 is 0 Å². The maximum atomic E-state index is 6.00. The molecule has 0 saturated heterocycles. The summed E-state index contributed by atoms with van der Waals surface area (Å²) in [6.45, 7) is 2.08. The van der Waals surface area contributed by atoms with Crippen LogP contribution in [0, 0.1) is 6.92 Å². The monoisotopic (exact) mass is 319 g/mol. The van der Waals surface area contributed by atoms with Gasteiger partial charge in [-0.15, -0.1) is 0 Å². The molecule has 0 radical (unpaired) electrons. The van der Waals surface area contributed by atoms with E-state index in [0.717, 1.165) is 28.2 Å². The van der Waals surface area contributed by atoms with Gasteiger partial charge < -0.3 is 4.40 Å². The lowest BCUT2D eigenvalue weighted by Gasteiger charge is -2.08. The minimum atomic E-state index is 0.711. The van der Waals surface area contributed by atoms with E-state index in [2.05, 4.69) is 36.2 Å². The minimum Gasteiger partial charge on any atom is -0.303 e. The van der Waals surface area contributed by atoms with Gasteiger partial charge in [-0.2, -0.15) is 0 Å². The Morgan fingerprint density at radius 3 is 2.35 bits per heavy atom. The number of halogens is 1. The summed E-state index contributed by atoms with van der Waals surface area (Å²) in [4.78, 5) is 9.28. The molecule has 0 amide bonds. The number of hydrogen-bond acceptors (Lipinski definition) is 2. The first-order valence-electron chi connectivity index (χ1n) is 7.37. The predicted octanol–water partition coefficient (Wildman–Crippen LogP) is 5.03. The molecule has 0 aliphatic rings. The largest absolute Gasteiger partial charge is 0.303 e. The van der Waals surface area contributed by atoms with Crippen LogP contribution in [0.25, 0.3) is 28.2 Å². The van der Waals surface area contributed by atoms with E-state index in [1.165, 1.54) is 5.56 Å². The minimum absolute atomic E-state index is 0.711. The number of aryl methyl sites for hydroxylation is 1. The molecule has 2 aromatic carbocycles. The summed E-state index contributed by atoms with van der Waals surface area (Å²) in [7, 11) is 0. The molecule has 0 atom stereocenters. The van der Waals surface area contributed by atoms with Crippen LogP contribution in [0.2, 0.25) is 5.02 Å². The second kappa shape index (κ2) is 5.52. The molecule has 3 nitrogen and oxygen atoms in total. The van der Waals surface area contributed by atoms with Gasteiger partial charge in [0, 0.05) is 34.7 Å². The van der Waals surface area contributed by atoms with Crippen LogP contribution in [0.1, 0.15) is 5.56 Å². The van der Waals surface area contributed by atoms with Gasteiger partial charge in [0.25, 0.3) is 0 Å². The first-order chi connectivity index (χ1) is 11.2. The lowest BCUT2D eigenvalue weighted by atomic mass is 10.1. The topological polar surface area (TPSA) is 30.2 Å². The van der Waals surface area contributed by atoms with Gasteiger partial charge in [0.15, 0.2) is 5.65 Å². The van der Waals surface area contributed by atoms with E-state index in [-0.39, 0.29) is 0 Å². The first kappa shape index (κ1) is 14.0. The van der Waals surface area contributed by atoms with Crippen molar-refractivity contribution < 1.29 is 0 Å². The smallest absolute Gasteiger partial charge is 0.163 e. The van der Waals surface area contributed by atoms with Crippen molar-refractivity contribution in [3.63, 3.8) is 0 Å². The molecule has 0 saturated carbocycles. The summed E-state index contributed by atoms with van der Waals surface area (Å²) in [6, 6.07) is 16.1. The Kier molecular flexibility index (Phi) is 3.36. The fraction of sp³-hybridized carbons (Fsp3) is 0.0526. The quantitative estimate of drug-likeness (QED) is 0.519. The number of hydrogen-bond donors (Lipinski definition) is 0. The standard InChI is InChI=1S/C19H14ClN3/c1-13-2-4-14(5-3-13)17-12-23-11-10-21-19(23)18(22-17)15-6-8-16(20)9-7-15/h2-12H,1H3. The van der Waals surface area contributed by atoms with Crippen molar-refractivity contribution in [1.82, 2.24) is 14.4 Å². The normalized spacial score (nSPS) is 11.0. The van der Waals surface area contributed by atoms with Crippen molar-refractivity contribution in [1.29, 1.82) is 0 Å². The maximum absolute atomic E-state index is 6.00. The summed E-state index contributed by atoms with van der Waals surface area (Å²) in [6.07, 6.45) is 5.73. The molecule has 0 aliphatic heterocycles.